The Labute approximate surface area is 408 Å². The highest BCUT2D eigenvalue weighted by atomic mass is 19.4. The van der Waals surface area contributed by atoms with Gasteiger partial charge in [-0.15, -0.1) is 0 Å². The van der Waals surface area contributed by atoms with E-state index in [0.29, 0.717) is 57.2 Å². The zero-order valence-electron chi connectivity index (χ0n) is 40.6. The summed E-state index contributed by atoms with van der Waals surface area (Å²) < 4.78 is 147. The molecule has 0 unspecified atom stereocenters. The van der Waals surface area contributed by atoms with Gasteiger partial charge in [-0.05, 0) is 97.4 Å². The highest BCUT2D eigenvalue weighted by Crippen LogP contribution is 2.35. The Kier molecular flexibility index (Phi) is 18.8. The standard InChI is InChI=1S/C25H33F4N3O4.C20H25F4N3O2.C2HF3O2/c1-24(2,3)36-23(35)30-16(8-15-9-18(27)19(28)11-17(15)26)10-21(33)32-7-6-14-12-31(13-20(14)32)22(34)25(4,5)29;1-20(2,24)19(29)26-9-11-3-4-27(17(11)10-26)18(28)7-13(25)5-12-6-15(22)16(23)8-14(12)21;3-2(4,5)1(6)7/h9,11,14,16,20H,6-8,10,12-13H2,1-5H3,(H,30,35);6,8,11,13,17H,3-5,7,9-10,25H2,1-2H3;(H,6,7)/t14-,16+,20+;11-,13+,17+;/m00./s1. The van der Waals surface area contributed by atoms with E-state index < -0.39 is 94.0 Å². The molecule has 4 saturated heterocycles. The summed E-state index contributed by atoms with van der Waals surface area (Å²) in [5.41, 5.74) is 0.835. The molecule has 25 heteroatoms. The Bertz CT molecular complexity index is 2340. The molecule has 6 atom stereocenters. The molecule has 0 bridgehead atoms. The minimum atomic E-state index is -5.08. The average Bonchev–Trinajstić information content (AvgIpc) is 4.02. The lowest BCUT2D eigenvalue weighted by Gasteiger charge is -2.29. The Morgan fingerprint density at radius 2 is 1.00 bits per heavy atom. The molecule has 0 aliphatic carbocycles. The molecule has 5 amide bonds. The van der Waals surface area contributed by atoms with Crippen LogP contribution in [-0.2, 0) is 41.6 Å². The van der Waals surface area contributed by atoms with Gasteiger partial charge in [0.15, 0.2) is 34.6 Å². The van der Waals surface area contributed by atoms with Crippen LogP contribution in [0.1, 0.15) is 85.3 Å². The van der Waals surface area contributed by atoms with E-state index in [1.165, 1.54) is 37.5 Å². The van der Waals surface area contributed by atoms with Crippen LogP contribution in [-0.4, -0.2) is 147 Å². The second-order valence-corrected chi connectivity index (χ2v) is 20.2. The van der Waals surface area contributed by atoms with Crippen molar-refractivity contribution in [2.45, 2.75) is 134 Å². The lowest BCUT2D eigenvalue weighted by Crippen LogP contribution is -2.47. The molecule has 2 aromatic rings. The summed E-state index contributed by atoms with van der Waals surface area (Å²) in [4.78, 5) is 77.9. The maximum atomic E-state index is 14.3. The average molecular weight is 1050 g/mol. The van der Waals surface area contributed by atoms with Crippen molar-refractivity contribution in [2.75, 3.05) is 39.3 Å². The van der Waals surface area contributed by atoms with Gasteiger partial charge >= 0.3 is 18.2 Å². The normalized spacial score (nSPS) is 20.7. The molecule has 4 aliphatic rings. The number of carbonyl (C=O) groups is 6. The lowest BCUT2D eigenvalue weighted by molar-refractivity contribution is -0.192. The minimum Gasteiger partial charge on any atom is -0.475 e. The molecule has 4 fully saturated rings. The van der Waals surface area contributed by atoms with Crippen molar-refractivity contribution >= 4 is 35.7 Å². The van der Waals surface area contributed by atoms with E-state index in [1.807, 2.05) is 0 Å². The molecule has 2 aromatic carbocycles. The van der Waals surface area contributed by atoms with Crippen LogP contribution < -0.4 is 11.1 Å². The van der Waals surface area contributed by atoms with E-state index >= 15 is 0 Å². The van der Waals surface area contributed by atoms with E-state index in [4.69, 9.17) is 20.4 Å². The second kappa shape index (κ2) is 23.0. The smallest absolute Gasteiger partial charge is 0.475 e. The number of alkyl halides is 5. The van der Waals surface area contributed by atoms with Crippen LogP contribution in [0.5, 0.6) is 0 Å². The number of nitrogens with two attached hydrogens (primary N) is 1. The van der Waals surface area contributed by atoms with Crippen LogP contribution in [0.25, 0.3) is 0 Å². The third-order valence-corrected chi connectivity index (χ3v) is 12.3. The highest BCUT2D eigenvalue weighted by molar-refractivity contribution is 5.86. The molecule has 4 N–H and O–H groups in total. The van der Waals surface area contributed by atoms with Gasteiger partial charge in [-0.2, -0.15) is 13.2 Å². The van der Waals surface area contributed by atoms with Crippen LogP contribution in [0.3, 0.4) is 0 Å². The SMILES string of the molecule is CC(C)(C)OC(=O)N[C@@H](CC(=O)N1CC[C@H]2CN(C(=O)C(C)(C)F)C[C@H]21)Cc1cc(F)c(F)cc1F.CC(C)(F)C(=O)N1C[C@@H]2CCN(C(=O)C[C@H](N)Cc3cc(F)c(F)cc3F)[C@@H]2C1.O=C(O)C(F)(F)F. The first-order valence-corrected chi connectivity index (χ1v) is 22.8. The molecular weight excluding hydrogens is 986 g/mol. The molecule has 4 heterocycles. The Morgan fingerprint density at radius 3 is 1.38 bits per heavy atom. The lowest BCUT2D eigenvalue weighted by atomic mass is 10.0. The van der Waals surface area contributed by atoms with Crippen molar-refractivity contribution in [2.24, 2.45) is 17.6 Å². The van der Waals surface area contributed by atoms with Crippen LogP contribution in [0.4, 0.5) is 53.1 Å². The van der Waals surface area contributed by atoms with Gasteiger partial charge in [0, 0.05) is 88.2 Å². The zero-order chi connectivity index (χ0) is 54.6. The third-order valence-electron chi connectivity index (χ3n) is 12.3. The molecule has 0 spiro atoms. The molecule has 0 aromatic heterocycles. The summed E-state index contributed by atoms with van der Waals surface area (Å²) in [6, 6.07) is 0.0788. The number of hydrogen-bond donors (Lipinski definition) is 3. The molecule has 6 rings (SSSR count). The number of amides is 5. The van der Waals surface area contributed by atoms with Crippen molar-refractivity contribution in [3.8, 4) is 0 Å². The molecule has 402 valence electrons. The fourth-order valence-electron chi connectivity index (χ4n) is 9.00. The van der Waals surface area contributed by atoms with Crippen molar-refractivity contribution < 1.29 is 86.9 Å². The van der Waals surface area contributed by atoms with Crippen molar-refractivity contribution in [3.63, 3.8) is 0 Å². The topological polar surface area (TPSA) is 183 Å². The zero-order valence-corrected chi connectivity index (χ0v) is 40.6. The molecular formula is C47H59F11N6O8. The maximum absolute atomic E-state index is 14.3. The van der Waals surface area contributed by atoms with Crippen LogP contribution >= 0.6 is 0 Å². The van der Waals surface area contributed by atoms with E-state index in [9.17, 15) is 72.3 Å². The monoisotopic (exact) mass is 1040 g/mol. The number of likely N-dealkylation sites (tertiary alicyclic amines) is 4. The quantitative estimate of drug-likeness (QED) is 0.166. The largest absolute Gasteiger partial charge is 0.490 e. The minimum absolute atomic E-state index is 0.00107. The number of halogens is 11. The van der Waals surface area contributed by atoms with Crippen molar-refractivity contribution in [1.82, 2.24) is 24.9 Å². The number of benzene rings is 2. The van der Waals surface area contributed by atoms with E-state index in [2.05, 4.69) is 5.32 Å². The number of carboxylic acid groups (broad SMARTS) is 1. The van der Waals surface area contributed by atoms with Gasteiger partial charge in [0.25, 0.3) is 11.8 Å². The number of ether oxygens (including phenoxy) is 1. The fourth-order valence-corrected chi connectivity index (χ4v) is 9.00. The first kappa shape index (κ1) is 58.8. The number of nitrogens with one attached hydrogen (secondary N) is 1. The van der Waals surface area contributed by atoms with Gasteiger partial charge in [0.05, 0.1) is 12.1 Å². The van der Waals surface area contributed by atoms with E-state index in [-0.39, 0.29) is 85.6 Å². The second-order valence-electron chi connectivity index (χ2n) is 20.2. The van der Waals surface area contributed by atoms with Gasteiger partial charge in [0.1, 0.15) is 17.2 Å². The number of hydrogen-bond acceptors (Lipinski definition) is 8. The van der Waals surface area contributed by atoms with E-state index in [0.717, 1.165) is 6.07 Å². The van der Waals surface area contributed by atoms with Crippen LogP contribution in [0.15, 0.2) is 24.3 Å². The number of fused-ring (bicyclic) bond motifs is 2. The molecule has 14 nitrogen and oxygen atoms in total. The number of aliphatic carboxylic acids is 1. The first-order chi connectivity index (χ1) is 33.0. The highest BCUT2D eigenvalue weighted by Gasteiger charge is 2.49. The van der Waals surface area contributed by atoms with Crippen molar-refractivity contribution in [1.29, 1.82) is 0 Å². The van der Waals surface area contributed by atoms with Crippen molar-refractivity contribution in [3.05, 3.63) is 70.3 Å². The van der Waals surface area contributed by atoms with E-state index in [1.54, 1.807) is 30.6 Å². The van der Waals surface area contributed by atoms with Gasteiger partial charge in [-0.25, -0.2) is 44.7 Å². The summed E-state index contributed by atoms with van der Waals surface area (Å²) in [7, 11) is 0. The molecule has 0 radical (unpaired) electrons. The molecule has 4 aliphatic heterocycles. The molecule has 0 saturated carbocycles. The Hall–Kier alpha value is -5.75. The third kappa shape index (κ3) is 15.9. The fraction of sp³-hybridized carbons (Fsp3) is 0.617. The predicted molar refractivity (Wildman–Crippen MR) is 235 cm³/mol. The molecule has 72 heavy (non-hydrogen) atoms. The van der Waals surface area contributed by atoms with Crippen LogP contribution in [0, 0.1) is 46.7 Å². The Morgan fingerprint density at radius 1 is 0.625 bits per heavy atom. The summed E-state index contributed by atoms with van der Waals surface area (Å²) in [5, 5.41) is 9.66. The van der Waals surface area contributed by atoms with Gasteiger partial charge in [-0.3, -0.25) is 19.2 Å². The summed E-state index contributed by atoms with van der Waals surface area (Å²) in [5.74, 6) is -11.5. The first-order valence-electron chi connectivity index (χ1n) is 22.8. The summed E-state index contributed by atoms with van der Waals surface area (Å²) >= 11 is 0. The number of rotatable bonds is 11. The maximum Gasteiger partial charge on any atom is 0.490 e. The number of alkyl carbamates (subject to hydrolysis) is 1. The number of carboxylic acids is 1. The predicted octanol–water partition coefficient (Wildman–Crippen LogP) is 6.54. The van der Waals surface area contributed by atoms with Gasteiger partial charge in [0.2, 0.25) is 11.8 Å². The van der Waals surface area contributed by atoms with Crippen LogP contribution in [0.2, 0.25) is 0 Å². The van der Waals surface area contributed by atoms with Gasteiger partial charge in [-0.1, -0.05) is 0 Å². The number of carbonyl (C=O) groups excluding carboxylic acids is 5. The Balaban J connectivity index is 0.000000280. The van der Waals surface area contributed by atoms with Gasteiger partial charge < -0.3 is 40.5 Å². The summed E-state index contributed by atoms with van der Waals surface area (Å²) in [6.07, 6.45) is -5.33. The summed E-state index contributed by atoms with van der Waals surface area (Å²) in [6.45, 7) is 11.9. The number of nitrogens with zero attached hydrogens (tertiary/aromatic N) is 4.